The first-order chi connectivity index (χ1) is 14.4. The van der Waals surface area contributed by atoms with Crippen LogP contribution in [0.1, 0.15) is 59.6 Å². The van der Waals surface area contributed by atoms with E-state index in [4.69, 9.17) is 0 Å². The van der Waals surface area contributed by atoms with Gasteiger partial charge in [0.05, 0.1) is 16.8 Å². The lowest BCUT2D eigenvalue weighted by Crippen LogP contribution is -2.18. The van der Waals surface area contributed by atoms with Crippen LogP contribution in [0, 0.1) is 12.8 Å². The second-order valence-electron chi connectivity index (χ2n) is 7.89. The van der Waals surface area contributed by atoms with Gasteiger partial charge in [0.15, 0.2) is 5.78 Å². The van der Waals surface area contributed by atoms with Gasteiger partial charge in [0, 0.05) is 21.5 Å². The van der Waals surface area contributed by atoms with Crippen LogP contribution in [0.25, 0.3) is 17.0 Å². The van der Waals surface area contributed by atoms with Gasteiger partial charge in [-0.3, -0.25) is 4.79 Å². The number of carbonyl (C=O) groups is 1. The summed E-state index contributed by atoms with van der Waals surface area (Å²) in [6, 6.07) is 9.41. The first kappa shape index (κ1) is 21.1. The molecule has 0 aliphatic heterocycles. The van der Waals surface area contributed by atoms with E-state index in [0.29, 0.717) is 22.2 Å². The zero-order valence-electron chi connectivity index (χ0n) is 17.6. The number of nitrogens with zero attached hydrogens (tertiary/aromatic N) is 1. The normalized spacial score (nSPS) is 16.9. The molecule has 158 valence electrons. The number of hydrogen-bond acceptors (Lipinski definition) is 4. The number of Topliss-reactive ketones (excluding diaryl/α,β-unsaturated/α-hetero) is 1. The SMILES string of the molecule is CCCC1CCc2sccc2C=C1C(=O)c1c(C)n(S(=O)(=O)CC)c2ccccc12. The van der Waals surface area contributed by atoms with Gasteiger partial charge in [-0.1, -0.05) is 31.5 Å². The molecule has 0 amide bonds. The molecule has 2 heterocycles. The second-order valence-corrected chi connectivity index (χ2v) is 11.0. The van der Waals surface area contributed by atoms with E-state index in [9.17, 15) is 13.2 Å². The highest BCUT2D eigenvalue weighted by Crippen LogP contribution is 2.37. The number of benzene rings is 1. The maximum absolute atomic E-state index is 14.0. The first-order valence-electron chi connectivity index (χ1n) is 10.5. The summed E-state index contributed by atoms with van der Waals surface area (Å²) < 4.78 is 27.0. The molecule has 1 atom stereocenters. The Morgan fingerprint density at radius 3 is 2.70 bits per heavy atom. The number of aryl methyl sites for hydroxylation is 1. The summed E-state index contributed by atoms with van der Waals surface area (Å²) in [7, 11) is -3.52. The molecule has 0 bridgehead atoms. The molecule has 30 heavy (non-hydrogen) atoms. The molecule has 6 heteroatoms. The number of rotatable bonds is 6. The summed E-state index contributed by atoms with van der Waals surface area (Å²) in [5.41, 5.74) is 3.55. The summed E-state index contributed by atoms with van der Waals surface area (Å²) in [5, 5.41) is 2.79. The van der Waals surface area contributed by atoms with Crippen molar-refractivity contribution < 1.29 is 13.2 Å². The van der Waals surface area contributed by atoms with Crippen molar-refractivity contribution in [3.63, 3.8) is 0 Å². The van der Waals surface area contributed by atoms with Crippen LogP contribution in [-0.2, 0) is 16.4 Å². The third-order valence-corrected chi connectivity index (χ3v) is 8.83. The molecule has 0 saturated heterocycles. The summed E-state index contributed by atoms with van der Waals surface area (Å²) in [4.78, 5) is 15.3. The maximum atomic E-state index is 14.0. The number of para-hydroxylation sites is 1. The van der Waals surface area contributed by atoms with Crippen molar-refractivity contribution in [3.05, 3.63) is 63.0 Å². The molecular weight excluding hydrogens is 414 g/mol. The van der Waals surface area contributed by atoms with E-state index in [1.54, 1.807) is 31.3 Å². The molecule has 0 radical (unpaired) electrons. The molecular formula is C24H27NO3S2. The Morgan fingerprint density at radius 2 is 1.97 bits per heavy atom. The van der Waals surface area contributed by atoms with E-state index in [1.165, 1.54) is 8.85 Å². The van der Waals surface area contributed by atoms with Gasteiger partial charge < -0.3 is 0 Å². The minimum atomic E-state index is -3.52. The van der Waals surface area contributed by atoms with E-state index >= 15 is 0 Å². The van der Waals surface area contributed by atoms with Crippen LogP contribution in [0.3, 0.4) is 0 Å². The summed E-state index contributed by atoms with van der Waals surface area (Å²) in [6.45, 7) is 5.53. The van der Waals surface area contributed by atoms with Gasteiger partial charge in [-0.25, -0.2) is 12.4 Å². The molecule has 2 aromatic heterocycles. The lowest BCUT2D eigenvalue weighted by Gasteiger charge is -2.18. The molecule has 0 spiro atoms. The number of carbonyl (C=O) groups excluding carboxylic acids is 1. The van der Waals surface area contributed by atoms with Gasteiger partial charge in [-0.2, -0.15) is 0 Å². The van der Waals surface area contributed by atoms with Crippen molar-refractivity contribution in [2.24, 2.45) is 5.92 Å². The van der Waals surface area contributed by atoms with Gasteiger partial charge in [0.25, 0.3) is 0 Å². The van der Waals surface area contributed by atoms with E-state index in [-0.39, 0.29) is 17.5 Å². The quantitative estimate of drug-likeness (QED) is 0.452. The average molecular weight is 442 g/mol. The van der Waals surface area contributed by atoms with Crippen LogP contribution < -0.4 is 0 Å². The van der Waals surface area contributed by atoms with Gasteiger partial charge in [-0.15, -0.1) is 11.3 Å². The minimum Gasteiger partial charge on any atom is -0.289 e. The number of aromatic nitrogens is 1. The standard InChI is InChI=1S/C24H27NO3S2/c1-4-8-17-11-12-22-18(13-14-29-22)15-20(17)24(26)23-16(3)25(30(27,28)5-2)21-10-7-6-9-19(21)23/h6-7,9-10,13-15,17H,4-5,8,11-12H2,1-3H3. The molecule has 4 nitrogen and oxygen atoms in total. The first-order valence-corrected chi connectivity index (χ1v) is 13.0. The monoisotopic (exact) mass is 441 g/mol. The highest BCUT2D eigenvalue weighted by atomic mass is 32.2. The number of fused-ring (bicyclic) bond motifs is 2. The van der Waals surface area contributed by atoms with Crippen LogP contribution in [-0.4, -0.2) is 23.9 Å². The highest BCUT2D eigenvalue weighted by molar-refractivity contribution is 7.90. The molecule has 0 saturated carbocycles. The molecule has 1 aromatic carbocycles. The number of allylic oxidation sites excluding steroid dienone is 1. The number of hydrogen-bond donors (Lipinski definition) is 0. The Bertz CT molecular complexity index is 1240. The molecule has 4 rings (SSSR count). The fourth-order valence-electron chi connectivity index (χ4n) is 4.59. The molecule has 1 aliphatic carbocycles. The van der Waals surface area contributed by atoms with Crippen molar-refractivity contribution in [2.75, 3.05) is 5.75 Å². The lowest BCUT2D eigenvalue weighted by molar-refractivity contribution is 0.102. The number of ketones is 1. The molecule has 0 N–H and O–H groups in total. The molecule has 3 aromatic rings. The zero-order chi connectivity index (χ0) is 21.5. The predicted octanol–water partition coefficient (Wildman–Crippen LogP) is 5.84. The maximum Gasteiger partial charge on any atom is 0.238 e. The Kier molecular flexibility index (Phi) is 5.73. The van der Waals surface area contributed by atoms with Gasteiger partial charge in [0.1, 0.15) is 0 Å². The Balaban J connectivity index is 1.94. The third-order valence-electron chi connectivity index (χ3n) is 6.08. The van der Waals surface area contributed by atoms with Crippen molar-refractivity contribution in [3.8, 4) is 0 Å². The van der Waals surface area contributed by atoms with Crippen LogP contribution in [0.4, 0.5) is 0 Å². The summed E-state index contributed by atoms with van der Waals surface area (Å²) in [6.07, 6.45) is 5.95. The highest BCUT2D eigenvalue weighted by Gasteiger charge is 2.30. The molecule has 1 aliphatic rings. The third kappa shape index (κ3) is 3.46. The minimum absolute atomic E-state index is 0.0143. The smallest absolute Gasteiger partial charge is 0.238 e. The van der Waals surface area contributed by atoms with Crippen molar-refractivity contribution >= 4 is 44.1 Å². The zero-order valence-corrected chi connectivity index (χ0v) is 19.3. The van der Waals surface area contributed by atoms with Crippen molar-refractivity contribution in [1.29, 1.82) is 0 Å². The second kappa shape index (κ2) is 8.16. The van der Waals surface area contributed by atoms with Crippen LogP contribution in [0.5, 0.6) is 0 Å². The van der Waals surface area contributed by atoms with Crippen molar-refractivity contribution in [1.82, 2.24) is 3.97 Å². The van der Waals surface area contributed by atoms with Crippen LogP contribution in [0.2, 0.25) is 0 Å². The van der Waals surface area contributed by atoms with Crippen LogP contribution in [0.15, 0.2) is 41.3 Å². The average Bonchev–Trinajstić information content (AvgIpc) is 3.25. The fourth-order valence-corrected chi connectivity index (χ4v) is 6.69. The Hall–Kier alpha value is -2.18. The van der Waals surface area contributed by atoms with E-state index < -0.39 is 10.0 Å². The van der Waals surface area contributed by atoms with Crippen LogP contribution >= 0.6 is 11.3 Å². The molecule has 0 fully saturated rings. The number of thiophene rings is 1. The van der Waals surface area contributed by atoms with Gasteiger partial charge in [0.2, 0.25) is 10.0 Å². The fraction of sp³-hybridized carbons (Fsp3) is 0.375. The van der Waals surface area contributed by atoms with E-state index in [0.717, 1.165) is 36.8 Å². The lowest BCUT2D eigenvalue weighted by atomic mass is 9.85. The largest absolute Gasteiger partial charge is 0.289 e. The topological polar surface area (TPSA) is 56.1 Å². The van der Waals surface area contributed by atoms with E-state index in [1.807, 2.05) is 18.2 Å². The summed E-state index contributed by atoms with van der Waals surface area (Å²) >= 11 is 1.75. The predicted molar refractivity (Wildman–Crippen MR) is 125 cm³/mol. The van der Waals surface area contributed by atoms with Gasteiger partial charge in [-0.05, 0) is 68.2 Å². The van der Waals surface area contributed by atoms with E-state index in [2.05, 4.69) is 24.4 Å². The molecule has 1 unspecified atom stereocenters. The van der Waals surface area contributed by atoms with Gasteiger partial charge >= 0.3 is 0 Å². The summed E-state index contributed by atoms with van der Waals surface area (Å²) in [5.74, 6) is 0.136. The Morgan fingerprint density at radius 1 is 1.20 bits per heavy atom. The van der Waals surface area contributed by atoms with Crippen molar-refractivity contribution in [2.45, 2.75) is 46.5 Å². The Labute approximate surface area is 182 Å².